The first-order chi connectivity index (χ1) is 12.7. The molecule has 0 bridgehead atoms. The predicted molar refractivity (Wildman–Crippen MR) is 112 cm³/mol. The smallest absolute Gasteiger partial charge is 0.257 e. The van der Waals surface area contributed by atoms with Crippen LogP contribution in [-0.4, -0.2) is 24.1 Å². The first kappa shape index (κ1) is 18.4. The third-order valence-electron chi connectivity index (χ3n) is 4.70. The lowest BCUT2D eigenvalue weighted by Gasteiger charge is -2.28. The minimum atomic E-state index is -0.199. The third-order valence-corrected chi connectivity index (χ3v) is 4.90. The van der Waals surface area contributed by atoms with Crippen LogP contribution in [0.3, 0.4) is 0 Å². The van der Waals surface area contributed by atoms with Gasteiger partial charge in [-0.25, -0.2) is 0 Å². The van der Waals surface area contributed by atoms with E-state index in [-0.39, 0.29) is 5.91 Å². The highest BCUT2D eigenvalue weighted by Crippen LogP contribution is 2.21. The number of hydrogen-bond donors (Lipinski definition) is 2. The zero-order chi connectivity index (χ0) is 18.4. The summed E-state index contributed by atoms with van der Waals surface area (Å²) in [6.45, 7) is 4.33. The summed E-state index contributed by atoms with van der Waals surface area (Å²) in [4.78, 5) is 14.7. The Bertz CT molecular complexity index is 750. The molecule has 5 heteroatoms. The summed E-state index contributed by atoms with van der Waals surface area (Å²) in [5.74, 6) is -0.199. The lowest BCUT2D eigenvalue weighted by atomic mass is 10.1. The maximum atomic E-state index is 12.3. The van der Waals surface area contributed by atoms with Crippen LogP contribution in [0, 0.1) is 0 Å². The third kappa shape index (κ3) is 4.82. The van der Waals surface area contributed by atoms with E-state index in [1.54, 1.807) is 0 Å². The fourth-order valence-electron chi connectivity index (χ4n) is 3.14. The summed E-state index contributed by atoms with van der Waals surface area (Å²) in [5, 5.41) is 6.11. The highest BCUT2D eigenvalue weighted by atomic mass is 32.1. The summed E-state index contributed by atoms with van der Waals surface area (Å²) in [6.07, 6.45) is 4.80. The number of benzene rings is 2. The zero-order valence-corrected chi connectivity index (χ0v) is 15.9. The molecule has 2 aromatic rings. The Kier molecular flexibility index (Phi) is 6.23. The fourth-order valence-corrected chi connectivity index (χ4v) is 3.35. The number of carbonyl (C=O) groups excluding carboxylic acids is 1. The van der Waals surface area contributed by atoms with Crippen LogP contribution in [0.4, 0.5) is 11.4 Å². The van der Waals surface area contributed by atoms with E-state index in [2.05, 4.69) is 34.6 Å². The molecule has 1 amide bonds. The van der Waals surface area contributed by atoms with Crippen LogP contribution < -0.4 is 15.5 Å². The molecule has 2 N–H and O–H groups in total. The number of thiocarbonyl (C=S) groups is 1. The van der Waals surface area contributed by atoms with Crippen LogP contribution in [0.2, 0.25) is 0 Å². The highest BCUT2D eigenvalue weighted by molar-refractivity contribution is 7.80. The van der Waals surface area contributed by atoms with Gasteiger partial charge >= 0.3 is 0 Å². The Morgan fingerprint density at radius 2 is 1.65 bits per heavy atom. The van der Waals surface area contributed by atoms with Crippen molar-refractivity contribution in [3.05, 3.63) is 59.7 Å². The maximum absolute atomic E-state index is 12.3. The van der Waals surface area contributed by atoms with E-state index in [4.69, 9.17) is 12.2 Å². The molecular formula is C21H25N3OS. The highest BCUT2D eigenvalue weighted by Gasteiger charge is 2.11. The number of hydrogen-bond acceptors (Lipinski definition) is 3. The predicted octanol–water partition coefficient (Wildman–Crippen LogP) is 4.37. The molecule has 4 nitrogen and oxygen atoms in total. The molecule has 0 atom stereocenters. The van der Waals surface area contributed by atoms with Crippen LogP contribution in [-0.2, 0) is 6.42 Å². The molecule has 0 spiro atoms. The number of carbonyl (C=O) groups is 1. The summed E-state index contributed by atoms with van der Waals surface area (Å²) in [6, 6.07) is 15.8. The average molecular weight is 368 g/mol. The molecule has 26 heavy (non-hydrogen) atoms. The number of amides is 1. The molecule has 0 aromatic heterocycles. The number of nitrogens with zero attached hydrogens (tertiary/aromatic N) is 1. The van der Waals surface area contributed by atoms with Crippen LogP contribution in [0.1, 0.15) is 42.1 Å². The van der Waals surface area contributed by atoms with Crippen molar-refractivity contribution in [1.29, 1.82) is 0 Å². The molecular weight excluding hydrogens is 342 g/mol. The van der Waals surface area contributed by atoms with Crippen LogP contribution in [0.15, 0.2) is 48.5 Å². The molecule has 136 valence electrons. The summed E-state index contributed by atoms with van der Waals surface area (Å²) < 4.78 is 0. The van der Waals surface area contributed by atoms with Gasteiger partial charge in [-0.2, -0.15) is 0 Å². The van der Waals surface area contributed by atoms with Crippen molar-refractivity contribution in [3.8, 4) is 0 Å². The molecule has 1 aliphatic rings. The minimum Gasteiger partial charge on any atom is -0.372 e. The number of nitrogens with one attached hydrogen (secondary N) is 2. The number of piperidine rings is 1. The van der Waals surface area contributed by atoms with E-state index in [0.29, 0.717) is 10.7 Å². The van der Waals surface area contributed by atoms with Crippen molar-refractivity contribution in [3.63, 3.8) is 0 Å². The molecule has 0 aliphatic carbocycles. The first-order valence-electron chi connectivity index (χ1n) is 9.22. The van der Waals surface area contributed by atoms with Crippen molar-refractivity contribution in [1.82, 2.24) is 5.32 Å². The van der Waals surface area contributed by atoms with Gasteiger partial charge in [0.05, 0.1) is 0 Å². The zero-order valence-electron chi connectivity index (χ0n) is 15.1. The number of anilines is 2. The second-order valence-corrected chi connectivity index (χ2v) is 6.96. The number of aryl methyl sites for hydroxylation is 1. The minimum absolute atomic E-state index is 0.199. The molecule has 0 unspecified atom stereocenters. The van der Waals surface area contributed by atoms with E-state index in [1.165, 1.54) is 30.5 Å². The maximum Gasteiger partial charge on any atom is 0.257 e. The lowest BCUT2D eigenvalue weighted by Crippen LogP contribution is -2.34. The van der Waals surface area contributed by atoms with Gasteiger partial charge in [-0.1, -0.05) is 19.1 Å². The Balaban J connectivity index is 1.54. The molecule has 3 rings (SSSR count). The summed E-state index contributed by atoms with van der Waals surface area (Å²) >= 11 is 5.27. The molecule has 2 aromatic carbocycles. The van der Waals surface area contributed by atoms with E-state index < -0.39 is 0 Å². The van der Waals surface area contributed by atoms with Gasteiger partial charge in [0, 0.05) is 30.0 Å². The topological polar surface area (TPSA) is 44.4 Å². The Labute approximate surface area is 160 Å². The lowest BCUT2D eigenvalue weighted by molar-refractivity contribution is 0.0977. The van der Waals surface area contributed by atoms with Crippen LogP contribution in [0.5, 0.6) is 0 Å². The number of rotatable bonds is 4. The average Bonchev–Trinajstić information content (AvgIpc) is 2.69. The first-order valence-corrected chi connectivity index (χ1v) is 9.63. The van der Waals surface area contributed by atoms with Crippen molar-refractivity contribution in [2.45, 2.75) is 32.6 Å². The van der Waals surface area contributed by atoms with Crippen molar-refractivity contribution < 1.29 is 4.79 Å². The second-order valence-electron chi connectivity index (χ2n) is 6.55. The Morgan fingerprint density at radius 1 is 1.00 bits per heavy atom. The Morgan fingerprint density at radius 3 is 2.27 bits per heavy atom. The summed E-state index contributed by atoms with van der Waals surface area (Å²) in [7, 11) is 0. The van der Waals surface area contributed by atoms with Gasteiger partial charge in [-0.05, 0) is 79.9 Å². The molecule has 0 radical (unpaired) electrons. The molecule has 0 saturated carbocycles. The van der Waals surface area contributed by atoms with Gasteiger partial charge in [-0.3, -0.25) is 10.1 Å². The van der Waals surface area contributed by atoms with Crippen molar-refractivity contribution in [2.75, 3.05) is 23.3 Å². The van der Waals surface area contributed by atoms with Crippen LogP contribution in [0.25, 0.3) is 0 Å². The SMILES string of the molecule is CCc1ccc(C(=O)NC(=S)Nc2ccc(N3CCCCC3)cc2)cc1. The monoisotopic (exact) mass is 367 g/mol. The van der Waals surface area contributed by atoms with Gasteiger partial charge in [-0.15, -0.1) is 0 Å². The van der Waals surface area contributed by atoms with E-state index >= 15 is 0 Å². The van der Waals surface area contributed by atoms with E-state index in [0.717, 1.165) is 25.2 Å². The van der Waals surface area contributed by atoms with E-state index in [1.807, 2.05) is 36.4 Å². The van der Waals surface area contributed by atoms with Crippen LogP contribution >= 0.6 is 12.2 Å². The largest absolute Gasteiger partial charge is 0.372 e. The van der Waals surface area contributed by atoms with Gasteiger partial charge in [0.1, 0.15) is 0 Å². The molecule has 1 heterocycles. The Hall–Kier alpha value is -2.40. The van der Waals surface area contributed by atoms with Gasteiger partial charge in [0.15, 0.2) is 5.11 Å². The van der Waals surface area contributed by atoms with E-state index in [9.17, 15) is 4.79 Å². The quantitative estimate of drug-likeness (QED) is 0.788. The normalized spacial score (nSPS) is 14.0. The second kappa shape index (κ2) is 8.81. The van der Waals surface area contributed by atoms with Gasteiger partial charge < -0.3 is 10.2 Å². The van der Waals surface area contributed by atoms with Gasteiger partial charge in [0.2, 0.25) is 0 Å². The summed E-state index contributed by atoms with van der Waals surface area (Å²) in [5.41, 5.74) is 3.92. The fraction of sp³-hybridized carbons (Fsp3) is 0.333. The molecule has 1 saturated heterocycles. The standard InChI is InChI=1S/C21H25N3OS/c1-2-16-6-8-17(9-7-16)20(25)23-21(26)22-18-10-12-19(13-11-18)24-14-4-3-5-15-24/h6-13H,2-5,14-15H2,1H3,(H2,22,23,25,26). The van der Waals surface area contributed by atoms with Gasteiger partial charge in [0.25, 0.3) is 5.91 Å². The molecule has 1 aliphatic heterocycles. The van der Waals surface area contributed by atoms with Crippen molar-refractivity contribution >= 4 is 34.6 Å². The van der Waals surface area contributed by atoms with Crippen molar-refractivity contribution in [2.24, 2.45) is 0 Å². The molecule has 1 fully saturated rings.